The predicted octanol–water partition coefficient (Wildman–Crippen LogP) is 3.90. The van der Waals surface area contributed by atoms with Crippen molar-refractivity contribution in [3.63, 3.8) is 0 Å². The van der Waals surface area contributed by atoms with E-state index < -0.39 is 11.6 Å². The Morgan fingerprint density at radius 1 is 1.35 bits per heavy atom. The molecule has 1 N–H and O–H groups in total. The lowest BCUT2D eigenvalue weighted by molar-refractivity contribution is -0.184. The summed E-state index contributed by atoms with van der Waals surface area (Å²) in [6.45, 7) is 0.240. The van der Waals surface area contributed by atoms with Gasteiger partial charge in [0, 0.05) is 16.0 Å². The van der Waals surface area contributed by atoms with E-state index in [2.05, 4.69) is 21.2 Å². The third-order valence-corrected chi connectivity index (χ3v) is 3.95. The van der Waals surface area contributed by atoms with Crippen molar-refractivity contribution in [2.45, 2.75) is 18.0 Å². The normalized spacial score (nSPS) is 25.2. The van der Waals surface area contributed by atoms with Gasteiger partial charge in [-0.1, -0.05) is 33.6 Å². The smallest absolute Gasteiger partial charge is 0.315 e. The monoisotopic (exact) mass is 327 g/mol. The van der Waals surface area contributed by atoms with Crippen LogP contribution in [0.3, 0.4) is 0 Å². The van der Waals surface area contributed by atoms with Crippen molar-refractivity contribution in [3.05, 3.63) is 33.3 Å². The van der Waals surface area contributed by atoms with Crippen molar-refractivity contribution in [1.82, 2.24) is 5.32 Å². The molecule has 1 atom stereocenters. The first-order valence-corrected chi connectivity index (χ1v) is 6.27. The van der Waals surface area contributed by atoms with Crippen LogP contribution in [0.1, 0.15) is 12.0 Å². The third-order valence-electron chi connectivity index (χ3n) is 3.14. The van der Waals surface area contributed by atoms with Crippen LogP contribution in [-0.4, -0.2) is 19.3 Å². The summed E-state index contributed by atoms with van der Waals surface area (Å²) in [5.41, 5.74) is -1.70. The standard InChI is InChI=1S/C11H10BrClF3N/c12-7-1-2-8(9(13)5-7)10(11(14,15)16)3-4-17-6-10/h1-2,5,17H,3-4,6H2. The molecule has 1 heterocycles. The topological polar surface area (TPSA) is 12.0 Å². The van der Waals surface area contributed by atoms with Crippen LogP contribution in [0.2, 0.25) is 5.02 Å². The Kier molecular flexibility index (Phi) is 3.45. The Morgan fingerprint density at radius 2 is 2.06 bits per heavy atom. The lowest BCUT2D eigenvalue weighted by atomic mass is 9.79. The summed E-state index contributed by atoms with van der Waals surface area (Å²) in [5.74, 6) is 0. The Labute approximate surface area is 110 Å². The van der Waals surface area contributed by atoms with Crippen LogP contribution in [0.4, 0.5) is 13.2 Å². The fourth-order valence-electron chi connectivity index (χ4n) is 2.19. The highest BCUT2D eigenvalue weighted by molar-refractivity contribution is 9.10. The van der Waals surface area contributed by atoms with Crippen LogP contribution in [-0.2, 0) is 5.41 Å². The van der Waals surface area contributed by atoms with Gasteiger partial charge in [0.05, 0.1) is 0 Å². The molecule has 1 aliphatic rings. The molecule has 0 bridgehead atoms. The molecule has 2 rings (SSSR count). The molecule has 0 saturated carbocycles. The second-order valence-corrected chi connectivity index (χ2v) is 5.45. The number of rotatable bonds is 1. The lowest BCUT2D eigenvalue weighted by Gasteiger charge is -2.32. The van der Waals surface area contributed by atoms with Gasteiger partial charge < -0.3 is 5.32 Å². The largest absolute Gasteiger partial charge is 0.399 e. The van der Waals surface area contributed by atoms with Gasteiger partial charge in [0.25, 0.3) is 0 Å². The molecule has 6 heteroatoms. The van der Waals surface area contributed by atoms with Crippen molar-refractivity contribution >= 4 is 27.5 Å². The van der Waals surface area contributed by atoms with Gasteiger partial charge in [0.1, 0.15) is 5.41 Å². The van der Waals surface area contributed by atoms with Gasteiger partial charge in [0.2, 0.25) is 0 Å². The first-order chi connectivity index (χ1) is 7.87. The second kappa shape index (κ2) is 4.44. The molecular formula is C11H10BrClF3N. The van der Waals surface area contributed by atoms with Gasteiger partial charge >= 0.3 is 6.18 Å². The van der Waals surface area contributed by atoms with Crippen molar-refractivity contribution in [2.75, 3.05) is 13.1 Å². The number of alkyl halides is 3. The summed E-state index contributed by atoms with van der Waals surface area (Å²) in [5, 5.41) is 2.92. The minimum atomic E-state index is -4.30. The van der Waals surface area contributed by atoms with Gasteiger partial charge in [-0.05, 0) is 30.7 Å². The van der Waals surface area contributed by atoms with Crippen LogP contribution in [0.15, 0.2) is 22.7 Å². The van der Waals surface area contributed by atoms with Gasteiger partial charge in [0.15, 0.2) is 0 Å². The lowest BCUT2D eigenvalue weighted by Crippen LogP contribution is -2.44. The molecule has 1 aromatic carbocycles. The minimum Gasteiger partial charge on any atom is -0.315 e. The fraction of sp³-hybridized carbons (Fsp3) is 0.455. The summed E-state index contributed by atoms with van der Waals surface area (Å²) in [4.78, 5) is 0. The van der Waals surface area contributed by atoms with Crippen LogP contribution < -0.4 is 5.32 Å². The first kappa shape index (κ1) is 13.2. The molecule has 1 fully saturated rings. The Balaban J connectivity index is 2.54. The van der Waals surface area contributed by atoms with E-state index in [0.717, 1.165) is 0 Å². The van der Waals surface area contributed by atoms with Crippen molar-refractivity contribution < 1.29 is 13.2 Å². The highest BCUT2D eigenvalue weighted by atomic mass is 79.9. The van der Waals surface area contributed by atoms with E-state index in [-0.39, 0.29) is 23.6 Å². The van der Waals surface area contributed by atoms with Gasteiger partial charge in [-0.15, -0.1) is 0 Å². The first-order valence-electron chi connectivity index (χ1n) is 5.10. The molecule has 17 heavy (non-hydrogen) atoms. The Hall–Kier alpha value is -0.260. The van der Waals surface area contributed by atoms with E-state index in [9.17, 15) is 13.2 Å². The van der Waals surface area contributed by atoms with E-state index in [0.29, 0.717) is 11.0 Å². The average molecular weight is 329 g/mol. The SMILES string of the molecule is FC(F)(F)C1(c2ccc(Br)cc2Cl)CCNC1. The van der Waals surface area contributed by atoms with Gasteiger partial charge in [-0.25, -0.2) is 0 Å². The number of hydrogen-bond acceptors (Lipinski definition) is 1. The Morgan fingerprint density at radius 3 is 2.53 bits per heavy atom. The van der Waals surface area contributed by atoms with E-state index in [1.165, 1.54) is 12.1 Å². The quantitative estimate of drug-likeness (QED) is 0.824. The van der Waals surface area contributed by atoms with E-state index >= 15 is 0 Å². The minimum absolute atomic E-state index is 0.0256. The molecule has 1 nitrogen and oxygen atoms in total. The molecule has 0 aliphatic carbocycles. The molecule has 0 spiro atoms. The third kappa shape index (κ3) is 2.20. The zero-order valence-electron chi connectivity index (χ0n) is 8.74. The van der Waals surface area contributed by atoms with Crippen LogP contribution in [0, 0.1) is 0 Å². The zero-order valence-corrected chi connectivity index (χ0v) is 11.1. The van der Waals surface area contributed by atoms with Gasteiger partial charge in [-0.3, -0.25) is 0 Å². The molecule has 0 aromatic heterocycles. The summed E-state index contributed by atoms with van der Waals surface area (Å²) < 4.78 is 40.5. The molecule has 1 unspecified atom stereocenters. The molecule has 94 valence electrons. The number of nitrogens with one attached hydrogen (secondary N) is 1. The van der Waals surface area contributed by atoms with Crippen molar-refractivity contribution in [1.29, 1.82) is 0 Å². The second-order valence-electron chi connectivity index (χ2n) is 4.13. The molecule has 1 aliphatic heterocycles. The molecular weight excluding hydrogens is 318 g/mol. The number of halogens is 5. The predicted molar refractivity (Wildman–Crippen MR) is 64.4 cm³/mol. The van der Waals surface area contributed by atoms with Crippen molar-refractivity contribution in [3.8, 4) is 0 Å². The summed E-state index contributed by atoms with van der Waals surface area (Å²) >= 11 is 9.14. The summed E-state index contributed by atoms with van der Waals surface area (Å²) in [7, 11) is 0. The zero-order chi connectivity index (χ0) is 12.7. The maximum Gasteiger partial charge on any atom is 0.399 e. The number of hydrogen-bond donors (Lipinski definition) is 1. The summed E-state index contributed by atoms with van der Waals surface area (Å²) in [6.07, 6.45) is -4.27. The average Bonchev–Trinajstić information content (AvgIpc) is 2.66. The highest BCUT2D eigenvalue weighted by Gasteiger charge is 2.57. The maximum absolute atomic E-state index is 13.3. The number of benzene rings is 1. The summed E-state index contributed by atoms with van der Waals surface area (Å²) in [6, 6.07) is 4.54. The van der Waals surface area contributed by atoms with Crippen LogP contribution >= 0.6 is 27.5 Å². The van der Waals surface area contributed by atoms with Crippen LogP contribution in [0.5, 0.6) is 0 Å². The maximum atomic E-state index is 13.3. The fourth-order valence-corrected chi connectivity index (χ4v) is 3.05. The van der Waals surface area contributed by atoms with E-state index in [1.807, 2.05) is 0 Å². The Bertz CT molecular complexity index is 427. The molecule has 1 aromatic rings. The van der Waals surface area contributed by atoms with Gasteiger partial charge in [-0.2, -0.15) is 13.2 Å². The molecule has 0 radical (unpaired) electrons. The molecule has 0 amide bonds. The van der Waals surface area contributed by atoms with E-state index in [4.69, 9.17) is 11.6 Å². The van der Waals surface area contributed by atoms with Crippen LogP contribution in [0.25, 0.3) is 0 Å². The molecule has 1 saturated heterocycles. The highest BCUT2D eigenvalue weighted by Crippen LogP contribution is 2.47. The van der Waals surface area contributed by atoms with E-state index in [1.54, 1.807) is 6.07 Å². The van der Waals surface area contributed by atoms with Crippen molar-refractivity contribution in [2.24, 2.45) is 0 Å².